The van der Waals surface area contributed by atoms with Crippen molar-refractivity contribution in [2.45, 2.75) is 0 Å². The summed E-state index contributed by atoms with van der Waals surface area (Å²) in [6, 6.07) is 34.6. The molecule has 1 aliphatic rings. The monoisotopic (exact) mass is 332 g/mol. The van der Waals surface area contributed by atoms with Crippen LogP contribution in [0, 0.1) is 0 Å². The molecule has 0 aliphatic carbocycles. The molecule has 0 fully saturated rings. The predicted octanol–water partition coefficient (Wildman–Crippen LogP) is 6.57. The fraction of sp³-hybridized carbons (Fsp3) is 0. The second kappa shape index (κ2) is 4.99. The fourth-order valence-corrected chi connectivity index (χ4v) is 4.26. The summed E-state index contributed by atoms with van der Waals surface area (Å²) in [5.41, 5.74) is 7.38. The van der Waals surface area contributed by atoms with Gasteiger partial charge in [0.05, 0.1) is 28.1 Å². The second-order valence-corrected chi connectivity index (χ2v) is 6.69. The van der Waals surface area contributed by atoms with Gasteiger partial charge in [0.1, 0.15) is 0 Å². The number of benzene rings is 4. The zero-order chi connectivity index (χ0) is 17.1. The van der Waals surface area contributed by atoms with Crippen LogP contribution < -0.4 is 4.90 Å². The van der Waals surface area contributed by atoms with Crippen LogP contribution in [0.3, 0.4) is 0 Å². The number of rotatable bonds is 1. The van der Waals surface area contributed by atoms with Gasteiger partial charge in [0, 0.05) is 16.5 Å². The van der Waals surface area contributed by atoms with Gasteiger partial charge in [-0.1, -0.05) is 60.7 Å². The molecule has 2 heterocycles. The number of anilines is 3. The highest BCUT2D eigenvalue weighted by Gasteiger charge is 2.27. The number of fused-ring (bicyclic) bond motifs is 5. The Balaban J connectivity index is 1.85. The first kappa shape index (κ1) is 13.7. The lowest BCUT2D eigenvalue weighted by molar-refractivity contribution is 1.11. The van der Waals surface area contributed by atoms with Crippen LogP contribution in [0.25, 0.3) is 27.5 Å². The van der Waals surface area contributed by atoms with E-state index >= 15 is 0 Å². The number of para-hydroxylation sites is 5. The highest BCUT2D eigenvalue weighted by Crippen LogP contribution is 2.49. The molecule has 1 aromatic heterocycles. The van der Waals surface area contributed by atoms with Crippen molar-refractivity contribution in [3.8, 4) is 5.69 Å². The van der Waals surface area contributed by atoms with E-state index < -0.39 is 0 Å². The Hall–Kier alpha value is -3.52. The zero-order valence-corrected chi connectivity index (χ0v) is 14.1. The summed E-state index contributed by atoms with van der Waals surface area (Å²) in [5.74, 6) is 0. The number of hydrogen-bond donors (Lipinski definition) is 0. The van der Waals surface area contributed by atoms with Gasteiger partial charge in [0.25, 0.3) is 0 Å². The maximum absolute atomic E-state index is 2.41. The molecular formula is C24H16N2. The summed E-state index contributed by atoms with van der Waals surface area (Å²) < 4.78 is 2.41. The standard InChI is InChI=1S/C24H16N2/c1-2-9-17(10-3-1)25-21-14-6-7-15-22(21)26-20-13-5-4-11-18(20)19-12-8-16-23(25)24(19)26/h1-16H. The average Bonchev–Trinajstić information content (AvgIpc) is 3.05. The van der Waals surface area contributed by atoms with Gasteiger partial charge in [-0.15, -0.1) is 0 Å². The number of hydrogen-bond acceptors (Lipinski definition) is 1. The van der Waals surface area contributed by atoms with E-state index in [-0.39, 0.29) is 0 Å². The first-order chi connectivity index (χ1) is 12.9. The van der Waals surface area contributed by atoms with Gasteiger partial charge in [-0.2, -0.15) is 0 Å². The minimum atomic E-state index is 1.18. The lowest BCUT2D eigenvalue weighted by Gasteiger charge is -2.33. The van der Waals surface area contributed by atoms with E-state index in [2.05, 4.69) is 107 Å². The highest BCUT2D eigenvalue weighted by atomic mass is 15.2. The molecule has 0 bridgehead atoms. The van der Waals surface area contributed by atoms with Crippen LogP contribution in [0.2, 0.25) is 0 Å². The fourth-order valence-electron chi connectivity index (χ4n) is 4.26. The van der Waals surface area contributed by atoms with Crippen LogP contribution in [-0.4, -0.2) is 4.57 Å². The third-order valence-corrected chi connectivity index (χ3v) is 5.29. The molecule has 0 spiro atoms. The predicted molar refractivity (Wildman–Crippen MR) is 109 cm³/mol. The Bertz CT molecular complexity index is 1280. The Morgan fingerprint density at radius 1 is 0.462 bits per heavy atom. The number of aromatic nitrogens is 1. The molecule has 0 atom stereocenters. The summed E-state index contributed by atoms with van der Waals surface area (Å²) in [6.45, 7) is 0. The molecule has 0 unspecified atom stereocenters. The molecule has 1 aliphatic heterocycles. The molecule has 0 radical (unpaired) electrons. The average molecular weight is 332 g/mol. The van der Waals surface area contributed by atoms with Crippen molar-refractivity contribution in [3.63, 3.8) is 0 Å². The quantitative estimate of drug-likeness (QED) is 0.331. The van der Waals surface area contributed by atoms with Gasteiger partial charge in [-0.3, -0.25) is 0 Å². The molecule has 0 N–H and O–H groups in total. The van der Waals surface area contributed by atoms with Crippen molar-refractivity contribution < 1.29 is 0 Å². The van der Waals surface area contributed by atoms with E-state index in [4.69, 9.17) is 0 Å². The Morgan fingerprint density at radius 2 is 1.12 bits per heavy atom. The zero-order valence-electron chi connectivity index (χ0n) is 14.1. The summed E-state index contributed by atoms with van der Waals surface area (Å²) in [4.78, 5) is 2.37. The summed E-state index contributed by atoms with van der Waals surface area (Å²) in [7, 11) is 0. The van der Waals surface area contributed by atoms with Crippen LogP contribution in [-0.2, 0) is 0 Å². The van der Waals surface area contributed by atoms with Crippen LogP contribution in [0.5, 0.6) is 0 Å². The normalized spacial score (nSPS) is 12.5. The summed E-state index contributed by atoms with van der Waals surface area (Å²) in [5, 5.41) is 2.60. The Labute approximate surface area is 151 Å². The Morgan fingerprint density at radius 3 is 2.00 bits per heavy atom. The molecular weight excluding hydrogens is 316 g/mol. The minimum absolute atomic E-state index is 1.18. The van der Waals surface area contributed by atoms with Gasteiger partial charge in [-0.25, -0.2) is 0 Å². The summed E-state index contributed by atoms with van der Waals surface area (Å²) in [6.07, 6.45) is 0. The topological polar surface area (TPSA) is 8.17 Å². The van der Waals surface area contributed by atoms with E-state index in [0.29, 0.717) is 0 Å². The minimum Gasteiger partial charge on any atom is -0.306 e. The van der Waals surface area contributed by atoms with Crippen molar-refractivity contribution in [2.24, 2.45) is 0 Å². The maximum Gasteiger partial charge on any atom is 0.0783 e. The Kier molecular flexibility index (Phi) is 2.64. The van der Waals surface area contributed by atoms with E-state index in [1.54, 1.807) is 0 Å². The van der Waals surface area contributed by atoms with Gasteiger partial charge in [0.15, 0.2) is 0 Å². The van der Waals surface area contributed by atoms with Crippen molar-refractivity contribution in [2.75, 3.05) is 4.90 Å². The smallest absolute Gasteiger partial charge is 0.0783 e. The van der Waals surface area contributed by atoms with E-state index in [1.807, 2.05) is 0 Å². The molecule has 6 rings (SSSR count). The van der Waals surface area contributed by atoms with Crippen LogP contribution in [0.15, 0.2) is 97.1 Å². The van der Waals surface area contributed by atoms with Gasteiger partial charge >= 0.3 is 0 Å². The molecule has 122 valence electrons. The molecule has 2 nitrogen and oxygen atoms in total. The molecule has 0 saturated carbocycles. The number of nitrogens with zero attached hydrogens (tertiary/aromatic N) is 2. The summed E-state index contributed by atoms with van der Waals surface area (Å²) >= 11 is 0. The molecule has 4 aromatic carbocycles. The molecule has 0 saturated heterocycles. The second-order valence-electron chi connectivity index (χ2n) is 6.69. The van der Waals surface area contributed by atoms with Crippen molar-refractivity contribution in [1.82, 2.24) is 4.57 Å². The van der Waals surface area contributed by atoms with E-state index in [1.165, 1.54) is 44.6 Å². The van der Waals surface area contributed by atoms with E-state index in [9.17, 15) is 0 Å². The van der Waals surface area contributed by atoms with E-state index in [0.717, 1.165) is 0 Å². The van der Waals surface area contributed by atoms with Crippen molar-refractivity contribution in [3.05, 3.63) is 97.1 Å². The van der Waals surface area contributed by atoms with Gasteiger partial charge in [-0.05, 0) is 36.4 Å². The van der Waals surface area contributed by atoms with Crippen molar-refractivity contribution in [1.29, 1.82) is 0 Å². The molecule has 5 aromatic rings. The third kappa shape index (κ3) is 1.66. The van der Waals surface area contributed by atoms with Gasteiger partial charge < -0.3 is 9.47 Å². The first-order valence-electron chi connectivity index (χ1n) is 8.90. The maximum atomic E-state index is 2.41. The SMILES string of the molecule is c1ccc(N2c3ccccc3-n3c4ccccc4c4cccc2c43)cc1. The highest BCUT2D eigenvalue weighted by molar-refractivity contribution is 6.16. The third-order valence-electron chi connectivity index (χ3n) is 5.29. The lowest BCUT2D eigenvalue weighted by atomic mass is 10.1. The molecule has 0 amide bonds. The first-order valence-corrected chi connectivity index (χ1v) is 8.90. The van der Waals surface area contributed by atoms with Gasteiger partial charge in [0.2, 0.25) is 0 Å². The molecule has 26 heavy (non-hydrogen) atoms. The van der Waals surface area contributed by atoms with Crippen LogP contribution in [0.4, 0.5) is 17.1 Å². The van der Waals surface area contributed by atoms with Crippen LogP contribution >= 0.6 is 0 Å². The van der Waals surface area contributed by atoms with Crippen molar-refractivity contribution >= 4 is 38.9 Å². The largest absolute Gasteiger partial charge is 0.306 e. The molecule has 2 heteroatoms. The lowest BCUT2D eigenvalue weighted by Crippen LogP contribution is -2.17. The van der Waals surface area contributed by atoms with Crippen LogP contribution in [0.1, 0.15) is 0 Å².